The molecule has 0 atom stereocenters. The zero-order valence-electron chi connectivity index (χ0n) is 11.3. The van der Waals surface area contributed by atoms with Gasteiger partial charge in [-0.2, -0.15) is 4.31 Å². The monoisotopic (exact) mass is 424 g/mol. The Hall–Kier alpha value is 0.0500. The molecule has 1 aliphatic rings. The van der Waals surface area contributed by atoms with Gasteiger partial charge >= 0.3 is 0 Å². The molecule has 1 saturated heterocycles. The average Bonchev–Trinajstić information content (AvgIpc) is 2.42. The zero-order chi connectivity index (χ0) is 14.8. The molecule has 0 saturated carbocycles. The fourth-order valence-electron chi connectivity index (χ4n) is 2.32. The molecule has 2 rings (SSSR count). The summed E-state index contributed by atoms with van der Waals surface area (Å²) in [5.41, 5.74) is 0. The van der Waals surface area contributed by atoms with Crippen LogP contribution < -0.4 is 0 Å². The molecule has 0 aliphatic carbocycles. The Kier molecular flexibility index (Phi) is 5.64. The second kappa shape index (κ2) is 6.87. The Morgan fingerprint density at radius 1 is 1.15 bits per heavy atom. The summed E-state index contributed by atoms with van der Waals surface area (Å²) in [4.78, 5) is 2.64. The normalized spacial score (nSPS) is 18.4. The van der Waals surface area contributed by atoms with Gasteiger partial charge in [0, 0.05) is 35.1 Å². The molecule has 0 amide bonds. The van der Waals surface area contributed by atoms with Crippen LogP contribution in [0.5, 0.6) is 0 Å². The SMILES string of the molecule is CCCN1CCN(S(=O)(=O)c2cc(Br)ccc2Br)CC1. The largest absolute Gasteiger partial charge is 0.301 e. The lowest BCUT2D eigenvalue weighted by Gasteiger charge is -2.33. The molecular weight excluding hydrogens is 408 g/mol. The molecule has 0 N–H and O–H groups in total. The Bertz CT molecular complexity index is 570. The van der Waals surface area contributed by atoms with Gasteiger partial charge in [0.05, 0.1) is 4.90 Å². The second-order valence-electron chi connectivity index (χ2n) is 4.82. The molecule has 0 spiro atoms. The van der Waals surface area contributed by atoms with E-state index in [1.54, 1.807) is 16.4 Å². The zero-order valence-corrected chi connectivity index (χ0v) is 15.3. The van der Waals surface area contributed by atoms with Gasteiger partial charge in [-0.05, 0) is 47.1 Å². The summed E-state index contributed by atoms with van der Waals surface area (Å²) >= 11 is 6.66. The van der Waals surface area contributed by atoms with E-state index in [1.165, 1.54) is 0 Å². The highest BCUT2D eigenvalue weighted by molar-refractivity contribution is 9.11. The van der Waals surface area contributed by atoms with Gasteiger partial charge in [-0.25, -0.2) is 8.42 Å². The van der Waals surface area contributed by atoms with Crippen molar-refractivity contribution in [1.29, 1.82) is 0 Å². The molecule has 1 aliphatic heterocycles. The van der Waals surface area contributed by atoms with E-state index in [2.05, 4.69) is 43.7 Å². The predicted molar refractivity (Wildman–Crippen MR) is 87.3 cm³/mol. The third kappa shape index (κ3) is 3.62. The number of hydrogen-bond donors (Lipinski definition) is 0. The van der Waals surface area contributed by atoms with Crippen LogP contribution >= 0.6 is 31.9 Å². The van der Waals surface area contributed by atoms with Crippen molar-refractivity contribution in [1.82, 2.24) is 9.21 Å². The number of hydrogen-bond acceptors (Lipinski definition) is 3. The van der Waals surface area contributed by atoms with Gasteiger partial charge in [0.2, 0.25) is 10.0 Å². The molecule has 1 fully saturated rings. The Labute approximate surface area is 137 Å². The first-order valence-corrected chi connectivity index (χ1v) is 9.65. The number of rotatable bonds is 4. The predicted octanol–water partition coefficient (Wildman–Crippen LogP) is 2.93. The lowest BCUT2D eigenvalue weighted by Crippen LogP contribution is -2.48. The smallest absolute Gasteiger partial charge is 0.244 e. The standard InChI is InChI=1S/C13H18Br2N2O2S/c1-2-5-16-6-8-17(9-7-16)20(18,19)13-10-11(14)3-4-12(13)15/h3-4,10H,2,5-9H2,1H3. The van der Waals surface area contributed by atoms with Crippen LogP contribution in [0.4, 0.5) is 0 Å². The van der Waals surface area contributed by atoms with Crippen LogP contribution in [0.1, 0.15) is 13.3 Å². The maximum atomic E-state index is 12.7. The third-order valence-electron chi connectivity index (χ3n) is 3.38. The molecule has 1 heterocycles. The molecular formula is C13H18Br2N2O2S. The van der Waals surface area contributed by atoms with Gasteiger partial charge < -0.3 is 4.90 Å². The number of piperazine rings is 1. The van der Waals surface area contributed by atoms with Gasteiger partial charge in [-0.15, -0.1) is 0 Å². The lowest BCUT2D eigenvalue weighted by atomic mass is 10.3. The van der Waals surface area contributed by atoms with E-state index in [1.807, 2.05) is 6.07 Å². The van der Waals surface area contributed by atoms with E-state index in [4.69, 9.17) is 0 Å². The van der Waals surface area contributed by atoms with Crippen molar-refractivity contribution in [2.24, 2.45) is 0 Å². The number of sulfonamides is 1. The molecule has 112 valence electrons. The summed E-state index contributed by atoms with van der Waals surface area (Å²) in [6.07, 6.45) is 1.10. The fraction of sp³-hybridized carbons (Fsp3) is 0.538. The van der Waals surface area contributed by atoms with Crippen LogP contribution in [0, 0.1) is 0 Å². The van der Waals surface area contributed by atoms with Crippen LogP contribution in [-0.2, 0) is 10.0 Å². The van der Waals surface area contributed by atoms with Crippen LogP contribution in [-0.4, -0.2) is 50.3 Å². The molecule has 7 heteroatoms. The summed E-state index contributed by atoms with van der Waals surface area (Å²) in [7, 11) is -3.42. The van der Waals surface area contributed by atoms with Gasteiger partial charge in [-0.1, -0.05) is 22.9 Å². The van der Waals surface area contributed by atoms with Crippen molar-refractivity contribution in [2.45, 2.75) is 18.2 Å². The van der Waals surface area contributed by atoms with Crippen LogP contribution in [0.3, 0.4) is 0 Å². The Balaban J connectivity index is 2.18. The molecule has 0 aromatic heterocycles. The highest BCUT2D eigenvalue weighted by Crippen LogP contribution is 2.28. The van der Waals surface area contributed by atoms with E-state index in [9.17, 15) is 8.42 Å². The first kappa shape index (κ1) is 16.4. The van der Waals surface area contributed by atoms with Crippen molar-refractivity contribution < 1.29 is 8.42 Å². The van der Waals surface area contributed by atoms with Crippen molar-refractivity contribution in [2.75, 3.05) is 32.7 Å². The Morgan fingerprint density at radius 3 is 2.40 bits per heavy atom. The summed E-state index contributed by atoms with van der Waals surface area (Å²) in [5, 5.41) is 0. The Morgan fingerprint density at radius 2 is 1.80 bits per heavy atom. The number of nitrogens with zero attached hydrogens (tertiary/aromatic N) is 2. The number of benzene rings is 1. The molecule has 20 heavy (non-hydrogen) atoms. The van der Waals surface area contributed by atoms with Crippen molar-refractivity contribution in [3.8, 4) is 0 Å². The van der Waals surface area contributed by atoms with Gasteiger partial charge in [-0.3, -0.25) is 0 Å². The molecule has 0 bridgehead atoms. The van der Waals surface area contributed by atoms with Gasteiger partial charge in [0.25, 0.3) is 0 Å². The minimum atomic E-state index is -3.42. The first-order chi connectivity index (χ1) is 9.45. The van der Waals surface area contributed by atoms with Gasteiger partial charge in [0.1, 0.15) is 0 Å². The maximum absolute atomic E-state index is 12.7. The molecule has 0 radical (unpaired) electrons. The summed E-state index contributed by atoms with van der Waals surface area (Å²) in [6.45, 7) is 5.90. The quantitative estimate of drug-likeness (QED) is 0.744. The topological polar surface area (TPSA) is 40.6 Å². The lowest BCUT2D eigenvalue weighted by molar-refractivity contribution is 0.188. The van der Waals surface area contributed by atoms with Crippen molar-refractivity contribution in [3.63, 3.8) is 0 Å². The van der Waals surface area contributed by atoms with E-state index in [-0.39, 0.29) is 0 Å². The third-order valence-corrected chi connectivity index (χ3v) is 6.77. The van der Waals surface area contributed by atoms with E-state index in [0.29, 0.717) is 22.5 Å². The highest BCUT2D eigenvalue weighted by Gasteiger charge is 2.29. The van der Waals surface area contributed by atoms with E-state index in [0.717, 1.165) is 30.5 Å². The fourth-order valence-corrected chi connectivity index (χ4v) is 5.21. The summed E-state index contributed by atoms with van der Waals surface area (Å²) in [5.74, 6) is 0. The minimum absolute atomic E-state index is 0.329. The average molecular weight is 426 g/mol. The second-order valence-corrected chi connectivity index (χ2v) is 8.50. The molecule has 4 nitrogen and oxygen atoms in total. The number of halogens is 2. The van der Waals surface area contributed by atoms with Crippen molar-refractivity contribution in [3.05, 3.63) is 27.1 Å². The van der Waals surface area contributed by atoms with Crippen LogP contribution in [0.25, 0.3) is 0 Å². The molecule has 1 aromatic carbocycles. The maximum Gasteiger partial charge on any atom is 0.244 e. The summed E-state index contributed by atoms with van der Waals surface area (Å²) < 4.78 is 28.3. The van der Waals surface area contributed by atoms with Gasteiger partial charge in [0.15, 0.2) is 0 Å². The van der Waals surface area contributed by atoms with Crippen molar-refractivity contribution >= 4 is 41.9 Å². The summed E-state index contributed by atoms with van der Waals surface area (Å²) in [6, 6.07) is 5.23. The first-order valence-electron chi connectivity index (χ1n) is 6.62. The van der Waals surface area contributed by atoms with Crippen LogP contribution in [0.2, 0.25) is 0 Å². The van der Waals surface area contributed by atoms with E-state index < -0.39 is 10.0 Å². The van der Waals surface area contributed by atoms with Crippen LogP contribution in [0.15, 0.2) is 32.0 Å². The minimum Gasteiger partial charge on any atom is -0.301 e. The molecule has 0 unspecified atom stereocenters. The van der Waals surface area contributed by atoms with E-state index >= 15 is 0 Å². The highest BCUT2D eigenvalue weighted by atomic mass is 79.9. The molecule has 1 aromatic rings.